The Morgan fingerprint density at radius 3 is 2.17 bits per heavy atom. The van der Waals surface area contributed by atoms with Crippen molar-refractivity contribution >= 4 is 5.78 Å². The second-order valence-electron chi connectivity index (χ2n) is 2.19. The van der Waals surface area contributed by atoms with E-state index in [0.29, 0.717) is 0 Å². The van der Waals surface area contributed by atoms with Crippen LogP contribution in [-0.2, 0) is 4.79 Å². The molecule has 0 fully saturated rings. The molecule has 0 aromatic carbocycles. The topological polar surface area (TPSA) is 118 Å². The van der Waals surface area contributed by atoms with Gasteiger partial charge in [0.05, 0.1) is 14.6 Å². The Labute approximate surface area is 70.1 Å². The number of hydrogen-bond donors (Lipinski definition) is 5. The molecule has 0 spiro atoms. The van der Waals surface area contributed by atoms with Crippen LogP contribution in [0.25, 0.3) is 0 Å². The maximum Gasteiger partial charge on any atom is 0.194 e. The fourth-order valence-corrected chi connectivity index (χ4v) is 0.538. The lowest BCUT2D eigenvalue weighted by Crippen LogP contribution is -2.43. The van der Waals surface area contributed by atoms with Gasteiger partial charge in [-0.15, -0.1) is 0 Å². The van der Waals surface area contributed by atoms with Crippen molar-refractivity contribution in [3.63, 3.8) is 0 Å². The number of ketones is 1. The first-order valence-corrected chi connectivity index (χ1v) is 3.21. The number of aliphatic hydroxyl groups is 5. The van der Waals surface area contributed by atoms with Gasteiger partial charge in [0.2, 0.25) is 0 Å². The summed E-state index contributed by atoms with van der Waals surface area (Å²) in [6, 6.07) is 0. The summed E-state index contributed by atoms with van der Waals surface area (Å²) >= 11 is 0. The van der Waals surface area contributed by atoms with Crippen molar-refractivity contribution in [2.75, 3.05) is 13.2 Å². The maximum atomic E-state index is 10.8. The Morgan fingerprint density at radius 2 is 1.83 bits per heavy atom. The van der Waals surface area contributed by atoms with Crippen LogP contribution in [0.2, 0.25) is 0 Å². The molecule has 12 heavy (non-hydrogen) atoms. The highest BCUT2D eigenvalue weighted by Crippen LogP contribution is 1.98. The lowest BCUT2D eigenvalue weighted by Gasteiger charge is -2.16. The molecule has 0 radical (unpaired) electrons. The molecule has 0 heterocycles. The summed E-state index contributed by atoms with van der Waals surface area (Å²) < 4.78 is 6.53. The Balaban J connectivity index is 4.25. The van der Waals surface area contributed by atoms with Crippen molar-refractivity contribution in [1.29, 1.82) is 0 Å². The lowest BCUT2D eigenvalue weighted by molar-refractivity contribution is -0.144. The van der Waals surface area contributed by atoms with Crippen molar-refractivity contribution in [3.8, 4) is 0 Å². The molecule has 6 nitrogen and oxygen atoms in total. The van der Waals surface area contributed by atoms with Crippen LogP contribution in [0.1, 0.15) is 1.37 Å². The van der Waals surface area contributed by atoms with Gasteiger partial charge in [-0.2, -0.15) is 0 Å². The number of rotatable bonds is 5. The molecular weight excluding hydrogens is 168 g/mol. The number of carbonyl (C=O) groups is 1. The first kappa shape index (κ1) is 9.56. The molecule has 5 N–H and O–H groups in total. The second kappa shape index (κ2) is 5.18. The maximum absolute atomic E-state index is 10.8. The highest BCUT2D eigenvalue weighted by Gasteiger charge is 2.28. The van der Waals surface area contributed by atoms with Crippen LogP contribution in [0.4, 0.5) is 0 Å². The van der Waals surface area contributed by atoms with Gasteiger partial charge in [-0.25, -0.2) is 0 Å². The summed E-state index contributed by atoms with van der Waals surface area (Å²) in [7, 11) is 0. The number of hydrogen-bond acceptors (Lipinski definition) is 6. The van der Waals surface area contributed by atoms with E-state index in [-0.39, 0.29) is 0 Å². The fraction of sp³-hybridized carbons (Fsp3) is 0.833. The van der Waals surface area contributed by atoms with Gasteiger partial charge in [-0.3, -0.25) is 4.79 Å². The molecule has 6 heteroatoms. The van der Waals surface area contributed by atoms with E-state index in [2.05, 4.69) is 0 Å². The normalized spacial score (nSPS) is 22.2. The standard InChI is InChI=1S/C6H12O6/c7-1-3(9)5(11)6(12)4(10)2-8/h3-5,7-11H,1-2H2/t3-,4+,5-/m1/s1/i2D/t2?,3-,4+,5-. The summed E-state index contributed by atoms with van der Waals surface area (Å²) in [4.78, 5) is 10.8. The highest BCUT2D eigenvalue weighted by atomic mass is 16.4. The SMILES string of the molecule is [2H]C(O)[C@H](O)C(=O)[C@H](O)[C@H](O)CO. The van der Waals surface area contributed by atoms with E-state index in [1.165, 1.54) is 0 Å². The Morgan fingerprint density at radius 1 is 1.33 bits per heavy atom. The van der Waals surface area contributed by atoms with Crippen molar-refractivity contribution in [1.82, 2.24) is 0 Å². The van der Waals surface area contributed by atoms with Crippen LogP contribution >= 0.6 is 0 Å². The van der Waals surface area contributed by atoms with Crippen molar-refractivity contribution in [3.05, 3.63) is 0 Å². The lowest BCUT2D eigenvalue weighted by atomic mass is 10.1. The molecule has 0 aromatic heterocycles. The van der Waals surface area contributed by atoms with Gasteiger partial charge in [0, 0.05) is 0 Å². The third-order valence-corrected chi connectivity index (χ3v) is 1.28. The zero-order valence-corrected chi connectivity index (χ0v) is 6.16. The quantitative estimate of drug-likeness (QED) is 0.302. The minimum atomic E-state index is -2.09. The molecule has 0 aliphatic heterocycles. The zero-order valence-electron chi connectivity index (χ0n) is 7.16. The average Bonchev–Trinajstić information content (AvgIpc) is 2.12. The number of carbonyl (C=O) groups excluding carboxylic acids is 1. The predicted molar refractivity (Wildman–Crippen MR) is 37.2 cm³/mol. The van der Waals surface area contributed by atoms with Crippen LogP contribution in [0.5, 0.6) is 0 Å². The number of Topliss-reactive ketones (excluding diaryl/α,β-unsaturated/α-hetero) is 1. The molecule has 0 aromatic rings. The average molecular weight is 181 g/mol. The molecule has 0 aliphatic carbocycles. The molecule has 0 aliphatic rings. The molecule has 0 bridgehead atoms. The molecule has 72 valence electrons. The summed E-state index contributed by atoms with van der Waals surface area (Å²) in [5.74, 6) is -1.30. The summed E-state index contributed by atoms with van der Waals surface area (Å²) in [6.45, 7) is -2.93. The Hall–Kier alpha value is -0.530. The third-order valence-electron chi connectivity index (χ3n) is 1.28. The van der Waals surface area contributed by atoms with Gasteiger partial charge in [0.15, 0.2) is 5.78 Å². The minimum absolute atomic E-state index is 0.853. The Kier molecular flexibility index (Phi) is 4.12. The second-order valence-corrected chi connectivity index (χ2v) is 2.19. The van der Waals surface area contributed by atoms with E-state index in [9.17, 15) is 4.79 Å². The molecule has 4 atom stereocenters. The van der Waals surface area contributed by atoms with Crippen LogP contribution < -0.4 is 0 Å². The van der Waals surface area contributed by atoms with Crippen LogP contribution in [0, 0.1) is 0 Å². The van der Waals surface area contributed by atoms with E-state index >= 15 is 0 Å². The molecule has 0 rings (SSSR count). The minimum Gasteiger partial charge on any atom is -0.394 e. The molecular formula is C6H12O6. The van der Waals surface area contributed by atoms with Crippen LogP contribution in [0.15, 0.2) is 0 Å². The van der Waals surface area contributed by atoms with Gasteiger partial charge in [-0.05, 0) is 0 Å². The number of aliphatic hydroxyl groups excluding tert-OH is 5. The predicted octanol–water partition coefficient (Wildman–Crippen LogP) is -3.38. The largest absolute Gasteiger partial charge is 0.394 e. The summed E-state index contributed by atoms with van der Waals surface area (Å²) in [6.07, 6.45) is -5.81. The smallest absolute Gasteiger partial charge is 0.194 e. The van der Waals surface area contributed by atoms with Gasteiger partial charge in [-0.1, -0.05) is 0 Å². The fourth-order valence-electron chi connectivity index (χ4n) is 0.538. The van der Waals surface area contributed by atoms with E-state index in [0.717, 1.165) is 0 Å². The Bertz CT molecular complexity index is 173. The zero-order chi connectivity index (χ0) is 10.6. The molecule has 0 saturated heterocycles. The van der Waals surface area contributed by atoms with Crippen LogP contribution in [0.3, 0.4) is 0 Å². The molecule has 0 amide bonds. The van der Waals surface area contributed by atoms with Gasteiger partial charge < -0.3 is 25.5 Å². The third kappa shape index (κ3) is 2.84. The molecule has 1 unspecified atom stereocenters. The van der Waals surface area contributed by atoms with Crippen LogP contribution in [-0.4, -0.2) is 62.8 Å². The van der Waals surface area contributed by atoms with Gasteiger partial charge in [0.25, 0.3) is 0 Å². The van der Waals surface area contributed by atoms with Crippen molar-refractivity contribution < 1.29 is 31.7 Å². The van der Waals surface area contributed by atoms with Gasteiger partial charge in [0.1, 0.15) is 18.3 Å². The van der Waals surface area contributed by atoms with E-state index < -0.39 is 37.3 Å². The van der Waals surface area contributed by atoms with E-state index in [4.69, 9.17) is 26.9 Å². The highest BCUT2D eigenvalue weighted by molar-refractivity contribution is 5.87. The first-order valence-electron chi connectivity index (χ1n) is 3.78. The summed E-state index contributed by atoms with van der Waals surface area (Å²) in [5.41, 5.74) is 0. The van der Waals surface area contributed by atoms with Gasteiger partial charge >= 0.3 is 0 Å². The first-order chi connectivity index (χ1) is 5.91. The van der Waals surface area contributed by atoms with E-state index in [1.54, 1.807) is 0 Å². The monoisotopic (exact) mass is 181 g/mol. The summed E-state index contributed by atoms with van der Waals surface area (Å²) in [5, 5.41) is 43.2. The van der Waals surface area contributed by atoms with Crippen molar-refractivity contribution in [2.45, 2.75) is 18.3 Å². The van der Waals surface area contributed by atoms with E-state index in [1.807, 2.05) is 0 Å². The van der Waals surface area contributed by atoms with Crippen molar-refractivity contribution in [2.24, 2.45) is 0 Å². The molecule has 0 saturated carbocycles.